The van der Waals surface area contributed by atoms with Crippen LogP contribution in [-0.2, 0) is 0 Å². The lowest BCUT2D eigenvalue weighted by atomic mass is 10.1. The Labute approximate surface area is 160 Å². The number of fused-ring (bicyclic) bond motifs is 1. The van der Waals surface area contributed by atoms with Gasteiger partial charge in [-0.3, -0.25) is 4.39 Å². The number of aromatic nitrogens is 5. The van der Waals surface area contributed by atoms with E-state index < -0.39 is 0 Å². The number of hydrogen-bond acceptors (Lipinski definition) is 4. The van der Waals surface area contributed by atoms with Crippen molar-refractivity contribution in [1.29, 1.82) is 5.26 Å². The molecule has 4 aromatic rings. The zero-order chi connectivity index (χ0) is 19.9. The number of H-pyrrole nitrogens is 1. The summed E-state index contributed by atoms with van der Waals surface area (Å²) in [5, 5.41) is 13.5. The summed E-state index contributed by atoms with van der Waals surface area (Å²) in [5.41, 5.74) is 3.68. The van der Waals surface area contributed by atoms with Crippen LogP contribution >= 0.6 is 0 Å². The number of hydrogen-bond donors (Lipinski definition) is 1. The molecule has 0 saturated heterocycles. The molecule has 0 amide bonds. The van der Waals surface area contributed by atoms with Crippen LogP contribution in [0.15, 0.2) is 48.9 Å². The summed E-state index contributed by atoms with van der Waals surface area (Å²) in [5.74, 6) is -0.303. The molecule has 0 fully saturated rings. The van der Waals surface area contributed by atoms with Crippen LogP contribution in [0.4, 0.5) is 8.78 Å². The normalized spacial score (nSPS) is 10.4. The van der Waals surface area contributed by atoms with Crippen LogP contribution in [0.2, 0.25) is 0 Å². The molecule has 0 atom stereocenters. The highest BCUT2D eigenvalue weighted by molar-refractivity contribution is 5.76. The topological polar surface area (TPSA) is 82.7 Å². The van der Waals surface area contributed by atoms with Crippen molar-refractivity contribution in [1.82, 2.24) is 24.6 Å². The molecule has 4 rings (SSSR count). The summed E-state index contributed by atoms with van der Waals surface area (Å²) in [4.78, 5) is 11.5. The maximum atomic E-state index is 13.1. The third-order valence-corrected chi connectivity index (χ3v) is 3.98. The molecule has 0 aliphatic rings. The molecule has 142 valence electrons. The molecule has 0 unspecified atom stereocenters. The molecule has 1 N–H and O–H groups in total. The minimum absolute atomic E-state index is 0.156. The lowest BCUT2D eigenvalue weighted by Gasteiger charge is -2.04. The van der Waals surface area contributed by atoms with Gasteiger partial charge in [0.25, 0.3) is 0 Å². The predicted octanol–water partition coefficient (Wildman–Crippen LogP) is 4.55. The first-order valence-corrected chi connectivity index (χ1v) is 8.78. The maximum absolute atomic E-state index is 13.1. The number of alkyl halides is 1. The SMILES string of the molecule is CCCCF.N#Cc1cnc2ccc(-c3[nH]cnc3-c3ccc(F)cc3)nn12. The first kappa shape index (κ1) is 19.2. The highest BCUT2D eigenvalue weighted by Gasteiger charge is 2.13. The van der Waals surface area contributed by atoms with E-state index in [-0.39, 0.29) is 12.5 Å². The Morgan fingerprint density at radius 2 is 1.93 bits per heavy atom. The number of nitrogens with zero attached hydrogens (tertiary/aromatic N) is 5. The van der Waals surface area contributed by atoms with Gasteiger partial charge in [0, 0.05) is 5.56 Å². The van der Waals surface area contributed by atoms with E-state index in [1.807, 2.05) is 13.0 Å². The number of aromatic amines is 1. The molecule has 6 nitrogen and oxygen atoms in total. The Bertz CT molecular complexity index is 1090. The summed E-state index contributed by atoms with van der Waals surface area (Å²) in [6.07, 6.45) is 4.72. The molecule has 28 heavy (non-hydrogen) atoms. The molecule has 0 bridgehead atoms. The Balaban J connectivity index is 0.000000403. The number of nitriles is 1. The average Bonchev–Trinajstić information content (AvgIpc) is 3.36. The van der Waals surface area contributed by atoms with Crippen LogP contribution in [0.3, 0.4) is 0 Å². The van der Waals surface area contributed by atoms with Gasteiger partial charge in [0.1, 0.15) is 17.6 Å². The zero-order valence-corrected chi connectivity index (χ0v) is 15.2. The van der Waals surface area contributed by atoms with Crippen molar-refractivity contribution < 1.29 is 8.78 Å². The van der Waals surface area contributed by atoms with E-state index in [1.54, 1.807) is 30.6 Å². The van der Waals surface area contributed by atoms with E-state index in [9.17, 15) is 8.78 Å². The molecule has 0 aliphatic carbocycles. The predicted molar refractivity (Wildman–Crippen MR) is 102 cm³/mol. The van der Waals surface area contributed by atoms with Crippen LogP contribution in [0, 0.1) is 17.1 Å². The Morgan fingerprint density at radius 1 is 1.14 bits per heavy atom. The van der Waals surface area contributed by atoms with Gasteiger partial charge in [-0.1, -0.05) is 13.3 Å². The van der Waals surface area contributed by atoms with Crippen molar-refractivity contribution in [3.05, 3.63) is 60.4 Å². The molecule has 0 radical (unpaired) electrons. The van der Waals surface area contributed by atoms with Gasteiger partial charge < -0.3 is 4.98 Å². The second-order valence-electron chi connectivity index (χ2n) is 5.92. The molecule has 0 spiro atoms. The molecular weight excluding hydrogens is 362 g/mol. The number of unbranched alkanes of at least 4 members (excludes halogenated alkanes) is 1. The Kier molecular flexibility index (Phi) is 6.07. The van der Waals surface area contributed by atoms with E-state index in [2.05, 4.69) is 20.1 Å². The third kappa shape index (κ3) is 4.04. The monoisotopic (exact) mass is 380 g/mol. The summed E-state index contributed by atoms with van der Waals surface area (Å²) in [6.45, 7) is 1.82. The largest absolute Gasteiger partial charge is 0.343 e. The highest BCUT2D eigenvalue weighted by atomic mass is 19.1. The summed E-state index contributed by atoms with van der Waals surface area (Å²) >= 11 is 0. The quantitative estimate of drug-likeness (QED) is 0.563. The number of nitrogens with one attached hydrogen (secondary N) is 1. The van der Waals surface area contributed by atoms with E-state index in [1.165, 1.54) is 22.8 Å². The first-order valence-electron chi connectivity index (χ1n) is 8.78. The van der Waals surface area contributed by atoms with Crippen molar-refractivity contribution in [3.8, 4) is 28.7 Å². The van der Waals surface area contributed by atoms with Gasteiger partial charge >= 0.3 is 0 Å². The molecule has 3 aromatic heterocycles. The summed E-state index contributed by atoms with van der Waals surface area (Å²) in [6, 6.07) is 11.7. The Hall–Kier alpha value is -3.60. The molecule has 1 aromatic carbocycles. The van der Waals surface area contributed by atoms with Gasteiger partial charge in [0.2, 0.25) is 0 Å². The van der Waals surface area contributed by atoms with E-state index >= 15 is 0 Å². The minimum Gasteiger partial charge on any atom is -0.343 e. The van der Waals surface area contributed by atoms with Crippen molar-refractivity contribution in [2.24, 2.45) is 0 Å². The number of halogens is 2. The van der Waals surface area contributed by atoms with Crippen LogP contribution in [0.25, 0.3) is 28.3 Å². The maximum Gasteiger partial charge on any atom is 0.162 e. The summed E-state index contributed by atoms with van der Waals surface area (Å²) < 4.78 is 25.6. The van der Waals surface area contributed by atoms with Gasteiger partial charge in [-0.2, -0.15) is 10.4 Å². The van der Waals surface area contributed by atoms with Gasteiger partial charge in [0.15, 0.2) is 11.3 Å². The van der Waals surface area contributed by atoms with Gasteiger partial charge in [-0.15, -0.1) is 0 Å². The second-order valence-corrected chi connectivity index (χ2v) is 5.92. The molecule has 0 aliphatic heterocycles. The Morgan fingerprint density at radius 3 is 2.57 bits per heavy atom. The molecular formula is C20H18F2N6. The van der Waals surface area contributed by atoms with E-state index in [0.29, 0.717) is 28.4 Å². The lowest BCUT2D eigenvalue weighted by Crippen LogP contribution is -1.97. The van der Waals surface area contributed by atoms with Crippen molar-refractivity contribution in [2.75, 3.05) is 6.67 Å². The minimum atomic E-state index is -0.303. The molecule has 8 heteroatoms. The van der Waals surface area contributed by atoms with Gasteiger partial charge in [0.05, 0.1) is 30.6 Å². The second kappa shape index (κ2) is 8.86. The lowest BCUT2D eigenvalue weighted by molar-refractivity contribution is 0.469. The fraction of sp³-hybridized carbons (Fsp3) is 0.200. The van der Waals surface area contributed by atoms with Crippen LogP contribution in [0.5, 0.6) is 0 Å². The fourth-order valence-corrected chi connectivity index (χ4v) is 2.53. The summed E-state index contributed by atoms with van der Waals surface area (Å²) in [7, 11) is 0. The smallest absolute Gasteiger partial charge is 0.162 e. The van der Waals surface area contributed by atoms with Crippen LogP contribution in [-0.4, -0.2) is 31.2 Å². The standard InChI is InChI=1S/C16H9FN6.C4H9F/c17-11-3-1-10(2-4-11)15-16(21-9-20-15)13-5-6-14-19-8-12(7-18)23(14)22-13;1-2-3-4-5/h1-6,8-9H,(H,20,21);2-4H2,1H3. The third-order valence-electron chi connectivity index (χ3n) is 3.98. The van der Waals surface area contributed by atoms with Crippen LogP contribution in [0.1, 0.15) is 25.5 Å². The zero-order valence-electron chi connectivity index (χ0n) is 15.2. The van der Waals surface area contributed by atoms with Gasteiger partial charge in [-0.05, 0) is 42.8 Å². The first-order chi connectivity index (χ1) is 13.7. The number of rotatable bonds is 4. The fourth-order valence-electron chi connectivity index (χ4n) is 2.53. The van der Waals surface area contributed by atoms with E-state index in [4.69, 9.17) is 5.26 Å². The molecule has 3 heterocycles. The van der Waals surface area contributed by atoms with Crippen LogP contribution < -0.4 is 0 Å². The highest BCUT2D eigenvalue weighted by Crippen LogP contribution is 2.28. The van der Waals surface area contributed by atoms with Crippen molar-refractivity contribution >= 4 is 5.65 Å². The van der Waals surface area contributed by atoms with E-state index in [0.717, 1.165) is 18.4 Å². The molecule has 0 saturated carbocycles. The van der Waals surface area contributed by atoms with Crippen molar-refractivity contribution in [2.45, 2.75) is 19.8 Å². The number of imidazole rings is 2. The average molecular weight is 380 g/mol. The number of benzene rings is 1. The van der Waals surface area contributed by atoms with Crippen molar-refractivity contribution in [3.63, 3.8) is 0 Å². The van der Waals surface area contributed by atoms with Gasteiger partial charge in [-0.25, -0.2) is 18.9 Å².